The first-order valence-electron chi connectivity index (χ1n) is 2.57. The summed E-state index contributed by atoms with van der Waals surface area (Å²) in [6, 6.07) is 0. The lowest BCUT2D eigenvalue weighted by Gasteiger charge is -1.70. The third-order valence-electron chi connectivity index (χ3n) is 0.529. The van der Waals surface area contributed by atoms with Crippen LogP contribution in [-0.4, -0.2) is 18.8 Å². The summed E-state index contributed by atoms with van der Waals surface area (Å²) in [4.78, 5) is 7.34. The lowest BCUT2D eigenvalue weighted by Crippen LogP contribution is -1.70. The largest absolute Gasteiger partial charge is 0.307 e. The van der Waals surface area contributed by atoms with Gasteiger partial charge in [0.2, 0.25) is 0 Å². The van der Waals surface area contributed by atoms with Gasteiger partial charge in [-0.3, -0.25) is 0 Å². The van der Waals surface area contributed by atoms with Gasteiger partial charge in [-0.25, -0.2) is 9.98 Å². The van der Waals surface area contributed by atoms with E-state index in [1.807, 2.05) is 6.92 Å². The van der Waals surface area contributed by atoms with Crippen molar-refractivity contribution >= 4 is 18.8 Å². The van der Waals surface area contributed by atoms with Crippen molar-refractivity contribution in [2.24, 2.45) is 9.98 Å². The van der Waals surface area contributed by atoms with Crippen molar-refractivity contribution in [1.29, 1.82) is 5.41 Å². The molecular formula is C6H9N3. The maximum atomic E-state index is 6.53. The quantitative estimate of drug-likeness (QED) is 0.434. The molecule has 0 saturated carbocycles. The topological polar surface area (TPSA) is 48.6 Å². The van der Waals surface area contributed by atoms with Crippen molar-refractivity contribution in [2.45, 2.75) is 6.92 Å². The third-order valence-corrected chi connectivity index (χ3v) is 0.529. The van der Waals surface area contributed by atoms with Crippen molar-refractivity contribution in [1.82, 2.24) is 0 Å². The summed E-state index contributed by atoms with van der Waals surface area (Å²) in [7, 11) is 0. The number of aliphatic imine (C=N–C) groups is 2. The third kappa shape index (κ3) is 6.75. The monoisotopic (exact) mass is 123 g/mol. The highest BCUT2D eigenvalue weighted by Crippen LogP contribution is 1.69. The predicted octanol–water partition coefficient (Wildman–Crippen LogP) is 1.27. The molecule has 0 aromatic rings. The number of nitrogens with zero attached hydrogens (tertiary/aromatic N) is 2. The lowest BCUT2D eigenvalue weighted by molar-refractivity contribution is 1.52. The SMILES string of the molecule is C/C=C/N=C\N=C/C=N. The molecule has 0 fully saturated rings. The van der Waals surface area contributed by atoms with Crippen LogP contribution in [0.25, 0.3) is 0 Å². The zero-order valence-electron chi connectivity index (χ0n) is 5.28. The Morgan fingerprint density at radius 2 is 2.11 bits per heavy atom. The fraction of sp³-hybridized carbons (Fsp3) is 0.167. The molecule has 0 aromatic heterocycles. The molecule has 1 N–H and O–H groups in total. The van der Waals surface area contributed by atoms with Gasteiger partial charge in [0.1, 0.15) is 6.34 Å². The molecule has 3 heteroatoms. The Labute approximate surface area is 54.4 Å². The summed E-state index contributed by atoms with van der Waals surface area (Å²) < 4.78 is 0. The molecule has 0 aromatic carbocycles. The second kappa shape index (κ2) is 6.75. The minimum Gasteiger partial charge on any atom is -0.307 e. The van der Waals surface area contributed by atoms with Gasteiger partial charge in [0.15, 0.2) is 0 Å². The van der Waals surface area contributed by atoms with Crippen LogP contribution < -0.4 is 0 Å². The van der Waals surface area contributed by atoms with Gasteiger partial charge in [0.25, 0.3) is 0 Å². The van der Waals surface area contributed by atoms with E-state index >= 15 is 0 Å². The van der Waals surface area contributed by atoms with Crippen LogP contribution >= 0.6 is 0 Å². The molecule has 0 atom stereocenters. The minimum atomic E-state index is 1.10. The summed E-state index contributed by atoms with van der Waals surface area (Å²) >= 11 is 0. The van der Waals surface area contributed by atoms with E-state index in [2.05, 4.69) is 9.98 Å². The number of hydrogen-bond acceptors (Lipinski definition) is 2. The van der Waals surface area contributed by atoms with Crippen molar-refractivity contribution in [3.05, 3.63) is 12.3 Å². The maximum Gasteiger partial charge on any atom is 0.115 e. The van der Waals surface area contributed by atoms with Gasteiger partial charge in [-0.1, -0.05) is 6.08 Å². The second-order valence-electron chi connectivity index (χ2n) is 1.21. The smallest absolute Gasteiger partial charge is 0.115 e. The predicted molar refractivity (Wildman–Crippen MR) is 40.6 cm³/mol. The second-order valence-corrected chi connectivity index (χ2v) is 1.21. The van der Waals surface area contributed by atoms with Crippen molar-refractivity contribution in [3.8, 4) is 0 Å². The van der Waals surface area contributed by atoms with E-state index in [1.165, 1.54) is 12.6 Å². The lowest BCUT2D eigenvalue weighted by atomic mass is 10.7. The van der Waals surface area contributed by atoms with Crippen LogP contribution in [0.4, 0.5) is 0 Å². The molecule has 0 bridgehead atoms. The summed E-state index contributed by atoms with van der Waals surface area (Å²) in [6.07, 6.45) is 7.26. The van der Waals surface area contributed by atoms with Gasteiger partial charge < -0.3 is 5.41 Å². The van der Waals surface area contributed by atoms with Crippen molar-refractivity contribution in [3.63, 3.8) is 0 Å². The van der Waals surface area contributed by atoms with E-state index in [0.717, 1.165) is 6.21 Å². The number of rotatable bonds is 3. The van der Waals surface area contributed by atoms with Gasteiger partial charge in [-0.2, -0.15) is 0 Å². The first kappa shape index (κ1) is 7.75. The molecule has 0 spiro atoms. The van der Waals surface area contributed by atoms with E-state index in [9.17, 15) is 0 Å². The Balaban J connectivity index is 3.46. The summed E-state index contributed by atoms with van der Waals surface area (Å²) in [5, 5.41) is 6.53. The Morgan fingerprint density at radius 3 is 2.67 bits per heavy atom. The fourth-order valence-corrected chi connectivity index (χ4v) is 0.245. The van der Waals surface area contributed by atoms with E-state index in [-0.39, 0.29) is 0 Å². The highest BCUT2D eigenvalue weighted by molar-refractivity contribution is 6.16. The van der Waals surface area contributed by atoms with Gasteiger partial charge in [0.05, 0.1) is 0 Å². The van der Waals surface area contributed by atoms with E-state index in [0.29, 0.717) is 0 Å². The highest BCUT2D eigenvalue weighted by atomic mass is 14.8. The van der Waals surface area contributed by atoms with Crippen molar-refractivity contribution in [2.75, 3.05) is 0 Å². The Kier molecular flexibility index (Phi) is 5.81. The van der Waals surface area contributed by atoms with Gasteiger partial charge in [0, 0.05) is 18.6 Å². The van der Waals surface area contributed by atoms with Gasteiger partial charge >= 0.3 is 0 Å². The van der Waals surface area contributed by atoms with Crippen LogP contribution in [0.1, 0.15) is 6.92 Å². The molecule has 0 aliphatic rings. The molecule has 0 radical (unpaired) electrons. The van der Waals surface area contributed by atoms with Gasteiger partial charge in [-0.15, -0.1) is 0 Å². The number of hydrogen-bond donors (Lipinski definition) is 1. The molecule has 0 rings (SSSR count). The normalized spacial score (nSPS) is 12.1. The zero-order valence-corrected chi connectivity index (χ0v) is 5.28. The molecule has 0 saturated heterocycles. The minimum absolute atomic E-state index is 1.10. The Morgan fingerprint density at radius 1 is 1.33 bits per heavy atom. The first-order chi connectivity index (χ1) is 4.41. The van der Waals surface area contributed by atoms with Crippen LogP contribution in [0.15, 0.2) is 22.3 Å². The summed E-state index contributed by atoms with van der Waals surface area (Å²) in [5.41, 5.74) is 0. The summed E-state index contributed by atoms with van der Waals surface area (Å²) in [6.45, 7) is 1.87. The molecule has 0 heterocycles. The molecule has 0 aliphatic heterocycles. The van der Waals surface area contributed by atoms with Crippen LogP contribution in [0.2, 0.25) is 0 Å². The Bertz CT molecular complexity index is 144. The zero-order chi connectivity index (χ0) is 6.95. The number of nitrogens with one attached hydrogen (secondary N) is 1. The molecule has 0 aliphatic carbocycles. The van der Waals surface area contributed by atoms with E-state index in [4.69, 9.17) is 5.41 Å². The summed E-state index contributed by atoms with van der Waals surface area (Å²) in [5.74, 6) is 0. The van der Waals surface area contributed by atoms with Gasteiger partial charge in [-0.05, 0) is 6.92 Å². The van der Waals surface area contributed by atoms with E-state index < -0.39 is 0 Å². The molecule has 9 heavy (non-hydrogen) atoms. The number of allylic oxidation sites excluding steroid dienone is 1. The van der Waals surface area contributed by atoms with Crippen LogP contribution in [0, 0.1) is 5.41 Å². The van der Waals surface area contributed by atoms with Crippen LogP contribution in [-0.2, 0) is 0 Å². The molecule has 0 unspecified atom stereocenters. The highest BCUT2D eigenvalue weighted by Gasteiger charge is 1.58. The van der Waals surface area contributed by atoms with Crippen LogP contribution in [0.3, 0.4) is 0 Å². The Hall–Kier alpha value is -1.25. The van der Waals surface area contributed by atoms with Crippen LogP contribution in [0.5, 0.6) is 0 Å². The molecule has 48 valence electrons. The average molecular weight is 123 g/mol. The average Bonchev–Trinajstić information content (AvgIpc) is 1.89. The molecular weight excluding hydrogens is 114 g/mol. The standard InChI is InChI=1S/C6H9N3/c1-2-4-8-6-9-5-3-7/h2-7H,1H3/b4-2+,7-3?,8-6-,9-5-. The molecule has 0 amide bonds. The van der Waals surface area contributed by atoms with E-state index in [1.54, 1.807) is 12.3 Å². The maximum absolute atomic E-state index is 6.53. The van der Waals surface area contributed by atoms with Crippen molar-refractivity contribution < 1.29 is 0 Å². The fourth-order valence-electron chi connectivity index (χ4n) is 0.245. The first-order valence-corrected chi connectivity index (χ1v) is 2.57. The molecule has 3 nitrogen and oxygen atoms in total.